The molecule has 3 N–H and O–H groups in total. The van der Waals surface area contributed by atoms with Gasteiger partial charge in [0.05, 0.1) is 0 Å². The van der Waals surface area contributed by atoms with Gasteiger partial charge in [0.2, 0.25) is 0 Å². The Labute approximate surface area is 95.1 Å². The SMILES string of the molecule is Cn1ccc(NCC(N)c2ccccc2)n1. The zero-order chi connectivity index (χ0) is 11.4. The highest BCUT2D eigenvalue weighted by molar-refractivity contribution is 5.33. The largest absolute Gasteiger partial charge is 0.367 e. The van der Waals surface area contributed by atoms with Gasteiger partial charge in [-0.2, -0.15) is 5.10 Å². The molecule has 4 nitrogen and oxygen atoms in total. The lowest BCUT2D eigenvalue weighted by Crippen LogP contribution is -2.20. The van der Waals surface area contributed by atoms with Crippen molar-refractivity contribution in [2.45, 2.75) is 6.04 Å². The van der Waals surface area contributed by atoms with Crippen LogP contribution in [-0.2, 0) is 7.05 Å². The summed E-state index contributed by atoms with van der Waals surface area (Å²) in [7, 11) is 1.89. The van der Waals surface area contributed by atoms with Gasteiger partial charge in [0.25, 0.3) is 0 Å². The van der Waals surface area contributed by atoms with Crippen LogP contribution in [0.2, 0.25) is 0 Å². The quantitative estimate of drug-likeness (QED) is 0.815. The van der Waals surface area contributed by atoms with Gasteiger partial charge in [-0.3, -0.25) is 4.68 Å². The molecule has 0 radical (unpaired) electrons. The molecule has 4 heteroatoms. The van der Waals surface area contributed by atoms with Gasteiger partial charge in [-0.1, -0.05) is 30.3 Å². The van der Waals surface area contributed by atoms with E-state index in [1.54, 1.807) is 4.68 Å². The molecular weight excluding hydrogens is 200 g/mol. The van der Waals surface area contributed by atoms with Crippen LogP contribution in [0.5, 0.6) is 0 Å². The van der Waals surface area contributed by atoms with Crippen molar-refractivity contribution in [3.8, 4) is 0 Å². The average Bonchev–Trinajstić information content (AvgIpc) is 2.73. The molecule has 0 bridgehead atoms. The highest BCUT2D eigenvalue weighted by atomic mass is 15.3. The van der Waals surface area contributed by atoms with E-state index in [4.69, 9.17) is 5.73 Å². The topological polar surface area (TPSA) is 55.9 Å². The zero-order valence-corrected chi connectivity index (χ0v) is 9.30. The van der Waals surface area contributed by atoms with Crippen LogP contribution >= 0.6 is 0 Å². The number of nitrogens with two attached hydrogens (primary N) is 1. The van der Waals surface area contributed by atoms with Gasteiger partial charge >= 0.3 is 0 Å². The van der Waals surface area contributed by atoms with Crippen molar-refractivity contribution in [1.29, 1.82) is 0 Å². The fraction of sp³-hybridized carbons (Fsp3) is 0.250. The molecule has 1 aromatic heterocycles. The van der Waals surface area contributed by atoms with Gasteiger partial charge in [0.15, 0.2) is 0 Å². The van der Waals surface area contributed by atoms with E-state index in [0.717, 1.165) is 11.4 Å². The molecule has 1 aromatic carbocycles. The summed E-state index contributed by atoms with van der Waals surface area (Å²) in [5, 5.41) is 7.43. The maximum absolute atomic E-state index is 6.05. The first-order valence-corrected chi connectivity index (χ1v) is 5.30. The normalized spacial score (nSPS) is 12.4. The molecule has 0 aliphatic rings. The second-order valence-corrected chi connectivity index (χ2v) is 3.77. The van der Waals surface area contributed by atoms with E-state index in [1.807, 2.05) is 49.6 Å². The highest BCUT2D eigenvalue weighted by Gasteiger charge is 2.05. The first kappa shape index (κ1) is 10.7. The molecule has 0 saturated carbocycles. The molecule has 0 amide bonds. The summed E-state index contributed by atoms with van der Waals surface area (Å²) in [4.78, 5) is 0. The van der Waals surface area contributed by atoms with Crippen molar-refractivity contribution >= 4 is 5.82 Å². The molecule has 2 aromatic rings. The summed E-state index contributed by atoms with van der Waals surface area (Å²) in [5.74, 6) is 0.855. The average molecular weight is 216 g/mol. The Hall–Kier alpha value is -1.81. The molecule has 2 rings (SSSR count). The van der Waals surface area contributed by atoms with Crippen molar-refractivity contribution in [2.75, 3.05) is 11.9 Å². The predicted octanol–water partition coefficient (Wildman–Crippen LogP) is 1.53. The van der Waals surface area contributed by atoms with Crippen LogP contribution in [0.3, 0.4) is 0 Å². The summed E-state index contributed by atoms with van der Waals surface area (Å²) in [6.45, 7) is 0.682. The second kappa shape index (κ2) is 4.81. The Bertz CT molecular complexity index is 435. The number of nitrogens with one attached hydrogen (secondary N) is 1. The third kappa shape index (κ3) is 2.61. The summed E-state index contributed by atoms with van der Waals surface area (Å²) in [6, 6.07) is 12.0. The van der Waals surface area contributed by atoms with Crippen molar-refractivity contribution in [1.82, 2.24) is 9.78 Å². The Balaban J connectivity index is 1.91. The van der Waals surface area contributed by atoms with Crippen molar-refractivity contribution in [3.05, 3.63) is 48.2 Å². The minimum Gasteiger partial charge on any atom is -0.367 e. The van der Waals surface area contributed by atoms with E-state index in [1.165, 1.54) is 0 Å². The molecule has 16 heavy (non-hydrogen) atoms. The van der Waals surface area contributed by atoms with Crippen LogP contribution in [0.25, 0.3) is 0 Å². The zero-order valence-electron chi connectivity index (χ0n) is 9.30. The fourth-order valence-electron chi connectivity index (χ4n) is 1.54. The van der Waals surface area contributed by atoms with E-state index >= 15 is 0 Å². The molecule has 0 fully saturated rings. The van der Waals surface area contributed by atoms with Gasteiger partial charge < -0.3 is 11.1 Å². The first-order chi connectivity index (χ1) is 7.75. The van der Waals surface area contributed by atoms with Crippen LogP contribution in [0.15, 0.2) is 42.6 Å². The smallest absolute Gasteiger partial charge is 0.148 e. The second-order valence-electron chi connectivity index (χ2n) is 3.77. The standard InChI is InChI=1S/C12H16N4/c1-16-8-7-12(15-16)14-9-11(13)10-5-3-2-4-6-10/h2-8,11H,9,13H2,1H3,(H,14,15). The maximum Gasteiger partial charge on any atom is 0.148 e. The van der Waals surface area contributed by atoms with Crippen molar-refractivity contribution < 1.29 is 0 Å². The molecule has 0 spiro atoms. The lowest BCUT2D eigenvalue weighted by atomic mass is 10.1. The number of anilines is 1. The molecule has 84 valence electrons. The number of hydrogen-bond donors (Lipinski definition) is 2. The Kier molecular flexibility index (Phi) is 3.22. The maximum atomic E-state index is 6.05. The number of aryl methyl sites for hydroxylation is 1. The van der Waals surface area contributed by atoms with E-state index in [9.17, 15) is 0 Å². The minimum atomic E-state index is -0.0109. The van der Waals surface area contributed by atoms with Gasteiger partial charge in [0, 0.05) is 31.9 Å². The van der Waals surface area contributed by atoms with E-state index in [-0.39, 0.29) is 6.04 Å². The molecular formula is C12H16N4. The van der Waals surface area contributed by atoms with E-state index in [0.29, 0.717) is 6.54 Å². The van der Waals surface area contributed by atoms with Gasteiger partial charge in [-0.15, -0.1) is 0 Å². The van der Waals surface area contributed by atoms with Crippen molar-refractivity contribution in [3.63, 3.8) is 0 Å². The number of benzene rings is 1. The number of rotatable bonds is 4. The van der Waals surface area contributed by atoms with Crippen molar-refractivity contribution in [2.24, 2.45) is 12.8 Å². The molecule has 1 heterocycles. The van der Waals surface area contributed by atoms with Crippen LogP contribution < -0.4 is 11.1 Å². The first-order valence-electron chi connectivity index (χ1n) is 5.30. The lowest BCUT2D eigenvalue weighted by Gasteiger charge is -2.12. The number of aromatic nitrogens is 2. The monoisotopic (exact) mass is 216 g/mol. The minimum absolute atomic E-state index is 0.0109. The highest BCUT2D eigenvalue weighted by Crippen LogP contribution is 2.10. The van der Waals surface area contributed by atoms with Crippen LogP contribution in [0.4, 0.5) is 5.82 Å². The van der Waals surface area contributed by atoms with Gasteiger partial charge in [-0.05, 0) is 5.56 Å². The molecule has 0 aliphatic carbocycles. The number of hydrogen-bond acceptors (Lipinski definition) is 3. The van der Waals surface area contributed by atoms with E-state index in [2.05, 4.69) is 10.4 Å². The van der Waals surface area contributed by atoms with Crippen LogP contribution in [-0.4, -0.2) is 16.3 Å². The summed E-state index contributed by atoms with van der Waals surface area (Å²) in [5.41, 5.74) is 7.18. The third-order valence-electron chi connectivity index (χ3n) is 2.44. The predicted molar refractivity (Wildman–Crippen MR) is 65.1 cm³/mol. The third-order valence-corrected chi connectivity index (χ3v) is 2.44. The Morgan fingerprint density at radius 2 is 2.06 bits per heavy atom. The fourth-order valence-corrected chi connectivity index (χ4v) is 1.54. The van der Waals surface area contributed by atoms with Crippen LogP contribution in [0.1, 0.15) is 11.6 Å². The summed E-state index contributed by atoms with van der Waals surface area (Å²) < 4.78 is 1.76. The molecule has 0 aliphatic heterocycles. The number of nitrogens with zero attached hydrogens (tertiary/aromatic N) is 2. The molecule has 1 unspecified atom stereocenters. The lowest BCUT2D eigenvalue weighted by molar-refractivity contribution is 0.742. The molecule has 0 saturated heterocycles. The van der Waals surface area contributed by atoms with Gasteiger partial charge in [-0.25, -0.2) is 0 Å². The summed E-state index contributed by atoms with van der Waals surface area (Å²) in [6.07, 6.45) is 1.90. The summed E-state index contributed by atoms with van der Waals surface area (Å²) >= 11 is 0. The van der Waals surface area contributed by atoms with E-state index < -0.39 is 0 Å². The Morgan fingerprint density at radius 3 is 2.69 bits per heavy atom. The van der Waals surface area contributed by atoms with Crippen LogP contribution in [0, 0.1) is 0 Å². The molecule has 1 atom stereocenters. The van der Waals surface area contributed by atoms with Gasteiger partial charge in [0.1, 0.15) is 5.82 Å². The Morgan fingerprint density at radius 1 is 1.31 bits per heavy atom.